The zero-order chi connectivity index (χ0) is 11.4. The number of carbonyl (C=O) groups excluding carboxylic acids is 1. The van der Waals surface area contributed by atoms with Crippen LogP contribution >= 0.6 is 0 Å². The molecule has 0 aliphatic carbocycles. The SMILES string of the molecule is CCN1CCC(N=C(C)C)=C(C(C)=O)C1. The number of hydrogen-bond acceptors (Lipinski definition) is 3. The second kappa shape index (κ2) is 5.21. The summed E-state index contributed by atoms with van der Waals surface area (Å²) in [5.74, 6) is 0.160. The number of likely N-dealkylation sites (N-methyl/N-ethyl adjacent to an activating group) is 1. The first-order valence-corrected chi connectivity index (χ1v) is 5.51. The van der Waals surface area contributed by atoms with Gasteiger partial charge in [0.2, 0.25) is 0 Å². The number of ketones is 1. The van der Waals surface area contributed by atoms with Crippen molar-refractivity contribution in [2.24, 2.45) is 4.99 Å². The first-order chi connectivity index (χ1) is 7.04. The van der Waals surface area contributed by atoms with Gasteiger partial charge in [-0.15, -0.1) is 0 Å². The van der Waals surface area contributed by atoms with Crippen LogP contribution in [0.1, 0.15) is 34.1 Å². The highest BCUT2D eigenvalue weighted by Gasteiger charge is 2.20. The molecule has 15 heavy (non-hydrogen) atoms. The summed E-state index contributed by atoms with van der Waals surface area (Å²) in [4.78, 5) is 18.2. The molecule has 1 heterocycles. The molecule has 0 N–H and O–H groups in total. The molecule has 3 heteroatoms. The third kappa shape index (κ3) is 3.27. The summed E-state index contributed by atoms with van der Waals surface area (Å²) >= 11 is 0. The van der Waals surface area contributed by atoms with Gasteiger partial charge in [0, 0.05) is 36.5 Å². The number of Topliss-reactive ketones (excluding diaryl/α,β-unsaturated/α-hetero) is 1. The highest BCUT2D eigenvalue weighted by Crippen LogP contribution is 2.19. The maximum atomic E-state index is 11.5. The molecule has 1 aliphatic heterocycles. The summed E-state index contributed by atoms with van der Waals surface area (Å²) < 4.78 is 0. The van der Waals surface area contributed by atoms with E-state index in [1.165, 1.54) is 0 Å². The second-order valence-electron chi connectivity index (χ2n) is 4.16. The highest BCUT2D eigenvalue weighted by molar-refractivity contribution is 5.95. The highest BCUT2D eigenvalue weighted by atomic mass is 16.1. The fraction of sp³-hybridized carbons (Fsp3) is 0.667. The van der Waals surface area contributed by atoms with Crippen molar-refractivity contribution in [2.45, 2.75) is 34.1 Å². The molecule has 1 rings (SSSR count). The number of aliphatic imine (C=N–C) groups is 1. The largest absolute Gasteiger partial charge is 0.299 e. The third-order valence-electron chi connectivity index (χ3n) is 2.63. The maximum absolute atomic E-state index is 11.5. The molecule has 0 saturated heterocycles. The van der Waals surface area contributed by atoms with Crippen LogP contribution in [0.4, 0.5) is 0 Å². The average Bonchev–Trinajstić information content (AvgIpc) is 2.17. The van der Waals surface area contributed by atoms with E-state index in [-0.39, 0.29) is 5.78 Å². The molecule has 0 amide bonds. The zero-order valence-electron chi connectivity index (χ0n) is 10.1. The van der Waals surface area contributed by atoms with Gasteiger partial charge in [-0.1, -0.05) is 6.92 Å². The van der Waals surface area contributed by atoms with Crippen LogP contribution in [0.3, 0.4) is 0 Å². The number of rotatable bonds is 3. The third-order valence-corrected chi connectivity index (χ3v) is 2.63. The molecule has 84 valence electrons. The van der Waals surface area contributed by atoms with Crippen molar-refractivity contribution in [1.82, 2.24) is 4.90 Å². The molecule has 0 radical (unpaired) electrons. The molecule has 0 fully saturated rings. The van der Waals surface area contributed by atoms with Gasteiger partial charge in [0.1, 0.15) is 0 Å². The molecule has 0 atom stereocenters. The van der Waals surface area contributed by atoms with Crippen molar-refractivity contribution in [3.05, 3.63) is 11.3 Å². The van der Waals surface area contributed by atoms with Gasteiger partial charge in [-0.3, -0.25) is 14.7 Å². The predicted octanol–water partition coefficient (Wildman–Crippen LogP) is 2.04. The van der Waals surface area contributed by atoms with E-state index >= 15 is 0 Å². The Balaban J connectivity index is 2.96. The van der Waals surface area contributed by atoms with Gasteiger partial charge in [0.05, 0.1) is 0 Å². The van der Waals surface area contributed by atoms with E-state index in [1.54, 1.807) is 6.92 Å². The monoisotopic (exact) mass is 208 g/mol. The molecular weight excluding hydrogens is 188 g/mol. The first kappa shape index (κ1) is 12.1. The van der Waals surface area contributed by atoms with Crippen molar-refractivity contribution in [1.29, 1.82) is 0 Å². The topological polar surface area (TPSA) is 32.7 Å². The van der Waals surface area contributed by atoms with E-state index in [9.17, 15) is 4.79 Å². The van der Waals surface area contributed by atoms with Crippen LogP contribution in [0, 0.1) is 0 Å². The standard InChI is InChI=1S/C12H20N2O/c1-5-14-7-6-12(13-9(2)3)11(8-14)10(4)15/h5-8H2,1-4H3. The Labute approximate surface area is 91.9 Å². The Bertz CT molecular complexity index is 312. The quantitative estimate of drug-likeness (QED) is 0.665. The molecule has 0 saturated carbocycles. The Morgan fingerprint density at radius 3 is 2.53 bits per heavy atom. The summed E-state index contributed by atoms with van der Waals surface area (Å²) in [6, 6.07) is 0. The lowest BCUT2D eigenvalue weighted by Gasteiger charge is -2.27. The number of nitrogens with zero attached hydrogens (tertiary/aromatic N) is 2. The molecule has 3 nitrogen and oxygen atoms in total. The van der Waals surface area contributed by atoms with E-state index in [1.807, 2.05) is 13.8 Å². The van der Waals surface area contributed by atoms with Crippen molar-refractivity contribution < 1.29 is 4.79 Å². The summed E-state index contributed by atoms with van der Waals surface area (Å²) in [6.45, 7) is 10.5. The van der Waals surface area contributed by atoms with Gasteiger partial charge in [-0.05, 0) is 27.3 Å². The van der Waals surface area contributed by atoms with Crippen LogP contribution in [0.15, 0.2) is 16.3 Å². The first-order valence-electron chi connectivity index (χ1n) is 5.51. The van der Waals surface area contributed by atoms with Crippen molar-refractivity contribution in [3.63, 3.8) is 0 Å². The normalized spacial score (nSPS) is 17.9. The van der Waals surface area contributed by atoms with Crippen LogP contribution in [-0.2, 0) is 4.79 Å². The molecule has 0 aromatic rings. The molecule has 0 bridgehead atoms. The van der Waals surface area contributed by atoms with Crippen LogP contribution in [0.5, 0.6) is 0 Å². The van der Waals surface area contributed by atoms with Crippen LogP contribution in [0.25, 0.3) is 0 Å². The van der Waals surface area contributed by atoms with E-state index in [0.717, 1.165) is 43.0 Å². The van der Waals surface area contributed by atoms with Crippen LogP contribution in [0.2, 0.25) is 0 Å². The maximum Gasteiger partial charge on any atom is 0.158 e. The van der Waals surface area contributed by atoms with Gasteiger partial charge >= 0.3 is 0 Å². The molecule has 0 aromatic carbocycles. The lowest BCUT2D eigenvalue weighted by atomic mass is 10.0. The molecular formula is C12H20N2O. The zero-order valence-corrected chi connectivity index (χ0v) is 10.1. The van der Waals surface area contributed by atoms with Crippen molar-refractivity contribution in [3.8, 4) is 0 Å². The minimum atomic E-state index is 0.160. The van der Waals surface area contributed by atoms with Gasteiger partial charge in [-0.25, -0.2) is 0 Å². The Hall–Kier alpha value is -0.960. The van der Waals surface area contributed by atoms with Gasteiger partial charge in [0.25, 0.3) is 0 Å². The Kier molecular flexibility index (Phi) is 4.21. The summed E-state index contributed by atoms with van der Waals surface area (Å²) in [7, 11) is 0. The van der Waals surface area contributed by atoms with E-state index < -0.39 is 0 Å². The lowest BCUT2D eigenvalue weighted by Crippen LogP contribution is -2.33. The van der Waals surface area contributed by atoms with Gasteiger partial charge < -0.3 is 0 Å². The lowest BCUT2D eigenvalue weighted by molar-refractivity contribution is -0.114. The predicted molar refractivity (Wildman–Crippen MR) is 63.2 cm³/mol. The summed E-state index contributed by atoms with van der Waals surface area (Å²) in [5.41, 5.74) is 2.91. The van der Waals surface area contributed by atoms with E-state index in [0.29, 0.717) is 0 Å². The van der Waals surface area contributed by atoms with Crippen molar-refractivity contribution in [2.75, 3.05) is 19.6 Å². The minimum Gasteiger partial charge on any atom is -0.299 e. The molecule has 1 aliphatic rings. The molecule has 0 unspecified atom stereocenters. The average molecular weight is 208 g/mol. The number of carbonyl (C=O) groups is 1. The fourth-order valence-corrected chi connectivity index (χ4v) is 1.79. The number of hydrogen-bond donors (Lipinski definition) is 0. The Morgan fingerprint density at radius 1 is 1.40 bits per heavy atom. The fourth-order valence-electron chi connectivity index (χ4n) is 1.79. The van der Waals surface area contributed by atoms with Gasteiger partial charge in [-0.2, -0.15) is 0 Å². The van der Waals surface area contributed by atoms with Crippen LogP contribution in [-0.4, -0.2) is 36.0 Å². The van der Waals surface area contributed by atoms with Crippen LogP contribution < -0.4 is 0 Å². The molecule has 0 aromatic heterocycles. The molecule has 0 spiro atoms. The van der Waals surface area contributed by atoms with Crippen molar-refractivity contribution >= 4 is 11.5 Å². The van der Waals surface area contributed by atoms with E-state index in [4.69, 9.17) is 0 Å². The summed E-state index contributed by atoms with van der Waals surface area (Å²) in [6.07, 6.45) is 0.897. The Morgan fingerprint density at radius 2 is 2.07 bits per heavy atom. The van der Waals surface area contributed by atoms with Gasteiger partial charge in [0.15, 0.2) is 5.78 Å². The smallest absolute Gasteiger partial charge is 0.158 e. The summed E-state index contributed by atoms with van der Waals surface area (Å²) in [5, 5.41) is 0. The van der Waals surface area contributed by atoms with E-state index in [2.05, 4.69) is 16.8 Å². The minimum absolute atomic E-state index is 0.160. The second-order valence-corrected chi connectivity index (χ2v) is 4.16.